The molecule has 0 bridgehead atoms. The Balaban J connectivity index is 2.25. The van der Waals surface area contributed by atoms with Crippen LogP contribution in [-0.4, -0.2) is 43.1 Å². The highest BCUT2D eigenvalue weighted by Gasteiger charge is 2.25. The molecular weight excluding hydrogens is 247 g/mol. The number of hydrogen-bond donors (Lipinski definition) is 1. The molecule has 0 saturated carbocycles. The topological polar surface area (TPSA) is 41.6 Å². The molecule has 1 saturated heterocycles. The molecule has 1 aromatic rings. The average Bonchev–Trinajstić information content (AvgIpc) is 2.40. The number of halogens is 1. The number of ether oxygens (including phenoxy) is 1. The number of amides is 1. The Kier molecular flexibility index (Phi) is 4.37. The summed E-state index contributed by atoms with van der Waals surface area (Å²) in [6.07, 6.45) is 0. The quantitative estimate of drug-likeness (QED) is 0.904. The molecule has 0 unspecified atom stereocenters. The summed E-state index contributed by atoms with van der Waals surface area (Å²) in [7, 11) is 0. The third kappa shape index (κ3) is 3.04. The molecule has 1 amide bonds. The number of benzene rings is 1. The van der Waals surface area contributed by atoms with Gasteiger partial charge in [-0.05, 0) is 26.0 Å². The highest BCUT2D eigenvalue weighted by molar-refractivity contribution is 5.97. The van der Waals surface area contributed by atoms with Gasteiger partial charge in [0.05, 0.1) is 12.2 Å². The maximum absolute atomic E-state index is 13.7. The van der Waals surface area contributed by atoms with Gasteiger partial charge in [0.25, 0.3) is 5.91 Å². The normalized spacial score (nSPS) is 19.3. The number of para-hydroxylation sites is 1. The van der Waals surface area contributed by atoms with Crippen LogP contribution >= 0.6 is 0 Å². The van der Waals surface area contributed by atoms with Crippen molar-refractivity contribution in [1.82, 2.24) is 10.2 Å². The van der Waals surface area contributed by atoms with Gasteiger partial charge >= 0.3 is 0 Å². The fourth-order valence-corrected chi connectivity index (χ4v) is 2.26. The number of nitrogens with zero attached hydrogens (tertiary/aromatic N) is 1. The monoisotopic (exact) mass is 266 g/mol. The Labute approximate surface area is 112 Å². The molecule has 0 aliphatic carbocycles. The second kappa shape index (κ2) is 6.02. The summed E-state index contributed by atoms with van der Waals surface area (Å²) in [5, 5.41) is 3.27. The summed E-state index contributed by atoms with van der Waals surface area (Å²) >= 11 is 0. The first-order valence-corrected chi connectivity index (χ1v) is 6.57. The van der Waals surface area contributed by atoms with Crippen LogP contribution in [0.1, 0.15) is 24.2 Å². The van der Waals surface area contributed by atoms with E-state index >= 15 is 0 Å². The Morgan fingerprint density at radius 3 is 3.05 bits per heavy atom. The largest absolute Gasteiger partial charge is 0.490 e. The van der Waals surface area contributed by atoms with Crippen LogP contribution in [0.5, 0.6) is 5.75 Å². The van der Waals surface area contributed by atoms with E-state index in [0.29, 0.717) is 25.3 Å². The minimum absolute atomic E-state index is 0.0567. The van der Waals surface area contributed by atoms with Crippen molar-refractivity contribution < 1.29 is 13.9 Å². The minimum Gasteiger partial charge on any atom is -0.490 e. The lowest BCUT2D eigenvalue weighted by molar-refractivity contribution is 0.0704. The molecule has 1 atom stereocenters. The highest BCUT2D eigenvalue weighted by Crippen LogP contribution is 2.24. The van der Waals surface area contributed by atoms with Crippen molar-refractivity contribution in [3.05, 3.63) is 29.6 Å². The van der Waals surface area contributed by atoms with E-state index in [1.807, 2.05) is 6.92 Å². The Bertz CT molecular complexity index is 465. The number of nitrogens with one attached hydrogen (secondary N) is 1. The van der Waals surface area contributed by atoms with E-state index in [4.69, 9.17) is 4.74 Å². The Morgan fingerprint density at radius 2 is 2.37 bits per heavy atom. The van der Waals surface area contributed by atoms with Gasteiger partial charge in [-0.3, -0.25) is 4.79 Å². The molecule has 1 fully saturated rings. The van der Waals surface area contributed by atoms with Crippen molar-refractivity contribution in [3.63, 3.8) is 0 Å². The molecule has 0 spiro atoms. The smallest absolute Gasteiger partial charge is 0.257 e. The number of piperazine rings is 1. The SMILES string of the molecule is CCOc1c(F)cccc1C(=O)N1CCN[C@@H](C)C1. The zero-order valence-electron chi connectivity index (χ0n) is 11.3. The van der Waals surface area contributed by atoms with Crippen LogP contribution in [0.25, 0.3) is 0 Å². The molecule has 4 nitrogen and oxygen atoms in total. The summed E-state index contributed by atoms with van der Waals surface area (Å²) in [4.78, 5) is 14.2. The van der Waals surface area contributed by atoms with Crippen molar-refractivity contribution in [2.75, 3.05) is 26.2 Å². The average molecular weight is 266 g/mol. The molecule has 19 heavy (non-hydrogen) atoms. The number of carbonyl (C=O) groups excluding carboxylic acids is 1. The van der Waals surface area contributed by atoms with Crippen molar-refractivity contribution in [1.29, 1.82) is 0 Å². The summed E-state index contributed by atoms with van der Waals surface area (Å²) in [6.45, 7) is 6.14. The van der Waals surface area contributed by atoms with Crippen molar-refractivity contribution in [2.45, 2.75) is 19.9 Å². The molecule has 1 N–H and O–H groups in total. The summed E-state index contributed by atoms with van der Waals surface area (Å²) in [6, 6.07) is 4.71. The van der Waals surface area contributed by atoms with Gasteiger partial charge in [0.15, 0.2) is 11.6 Å². The van der Waals surface area contributed by atoms with Crippen molar-refractivity contribution in [2.24, 2.45) is 0 Å². The fraction of sp³-hybridized carbons (Fsp3) is 0.500. The molecule has 1 aliphatic heterocycles. The van der Waals surface area contributed by atoms with Crippen LogP contribution < -0.4 is 10.1 Å². The maximum Gasteiger partial charge on any atom is 0.257 e. The summed E-state index contributed by atoms with van der Waals surface area (Å²) < 4.78 is 19.0. The van der Waals surface area contributed by atoms with Crippen molar-refractivity contribution >= 4 is 5.91 Å². The van der Waals surface area contributed by atoms with Crippen molar-refractivity contribution in [3.8, 4) is 5.75 Å². The number of hydrogen-bond acceptors (Lipinski definition) is 3. The first kappa shape index (κ1) is 13.8. The Hall–Kier alpha value is -1.62. The molecule has 0 aromatic heterocycles. The summed E-state index contributed by atoms with van der Waals surface area (Å²) in [5.74, 6) is -0.603. The van der Waals surface area contributed by atoms with Crippen LogP contribution in [0.2, 0.25) is 0 Å². The zero-order valence-corrected chi connectivity index (χ0v) is 11.3. The third-order valence-corrected chi connectivity index (χ3v) is 3.14. The zero-order chi connectivity index (χ0) is 13.8. The molecule has 0 radical (unpaired) electrons. The van der Waals surface area contributed by atoms with Gasteiger partial charge in [0, 0.05) is 25.7 Å². The summed E-state index contributed by atoms with van der Waals surface area (Å²) in [5.41, 5.74) is 0.302. The standard InChI is InChI=1S/C14H19FN2O2/c1-3-19-13-11(5-4-6-12(13)15)14(18)17-8-7-16-10(2)9-17/h4-6,10,16H,3,7-9H2,1-2H3/t10-/m0/s1. The van der Waals surface area contributed by atoms with Gasteiger partial charge < -0.3 is 15.0 Å². The van der Waals surface area contributed by atoms with Crippen LogP contribution in [0.3, 0.4) is 0 Å². The van der Waals surface area contributed by atoms with Gasteiger partial charge in [-0.15, -0.1) is 0 Å². The Morgan fingerprint density at radius 1 is 1.58 bits per heavy atom. The fourth-order valence-electron chi connectivity index (χ4n) is 2.26. The van der Waals surface area contributed by atoms with E-state index in [1.165, 1.54) is 12.1 Å². The first-order chi connectivity index (χ1) is 9.13. The highest BCUT2D eigenvalue weighted by atomic mass is 19.1. The molecule has 1 aromatic carbocycles. The lowest BCUT2D eigenvalue weighted by Gasteiger charge is -2.32. The van der Waals surface area contributed by atoms with E-state index in [-0.39, 0.29) is 17.7 Å². The van der Waals surface area contributed by atoms with Gasteiger partial charge in [0.2, 0.25) is 0 Å². The molecule has 1 heterocycles. The van der Waals surface area contributed by atoms with E-state index in [1.54, 1.807) is 17.9 Å². The van der Waals surface area contributed by atoms with Gasteiger partial charge in [-0.1, -0.05) is 6.07 Å². The predicted octanol–water partition coefficient (Wildman–Crippen LogP) is 1.66. The van der Waals surface area contributed by atoms with Crippen LogP contribution in [0.15, 0.2) is 18.2 Å². The third-order valence-electron chi connectivity index (χ3n) is 3.14. The van der Waals surface area contributed by atoms with Crippen LogP contribution in [-0.2, 0) is 0 Å². The first-order valence-electron chi connectivity index (χ1n) is 6.57. The molecule has 1 aliphatic rings. The van der Waals surface area contributed by atoms with E-state index in [2.05, 4.69) is 5.32 Å². The van der Waals surface area contributed by atoms with Crippen LogP contribution in [0.4, 0.5) is 4.39 Å². The predicted molar refractivity (Wildman–Crippen MR) is 70.9 cm³/mol. The molecule has 2 rings (SSSR count). The molecule has 5 heteroatoms. The van der Waals surface area contributed by atoms with E-state index in [0.717, 1.165) is 6.54 Å². The van der Waals surface area contributed by atoms with E-state index in [9.17, 15) is 9.18 Å². The molecular formula is C14H19FN2O2. The van der Waals surface area contributed by atoms with E-state index < -0.39 is 5.82 Å². The van der Waals surface area contributed by atoms with Gasteiger partial charge in [0.1, 0.15) is 0 Å². The van der Waals surface area contributed by atoms with Crippen LogP contribution in [0, 0.1) is 5.82 Å². The lowest BCUT2D eigenvalue weighted by atomic mass is 10.1. The number of carbonyl (C=O) groups is 1. The molecule has 104 valence electrons. The number of rotatable bonds is 3. The minimum atomic E-state index is -0.490. The van der Waals surface area contributed by atoms with Gasteiger partial charge in [-0.2, -0.15) is 0 Å². The lowest BCUT2D eigenvalue weighted by Crippen LogP contribution is -2.51. The second-order valence-electron chi connectivity index (χ2n) is 4.66. The van der Waals surface area contributed by atoms with Gasteiger partial charge in [-0.25, -0.2) is 4.39 Å². The second-order valence-corrected chi connectivity index (χ2v) is 4.66. The maximum atomic E-state index is 13.7.